The van der Waals surface area contributed by atoms with E-state index in [4.69, 9.17) is 0 Å². The van der Waals surface area contributed by atoms with Crippen LogP contribution in [0.25, 0.3) is 124 Å². The van der Waals surface area contributed by atoms with Crippen molar-refractivity contribution in [3.05, 3.63) is 224 Å². The van der Waals surface area contributed by atoms with E-state index in [0.717, 1.165) is 11.4 Å². The first kappa shape index (κ1) is 35.7. The summed E-state index contributed by atoms with van der Waals surface area (Å²) in [5.74, 6) is 0. The second kappa shape index (κ2) is 13.8. The molecule has 14 aromatic rings. The van der Waals surface area contributed by atoms with Gasteiger partial charge in [0.25, 0.3) is 0 Å². The summed E-state index contributed by atoms with van der Waals surface area (Å²) < 4.78 is 10.3. The van der Waals surface area contributed by atoms with Gasteiger partial charge in [-0.15, -0.1) is 0 Å². The summed E-state index contributed by atoms with van der Waals surface area (Å²) in [6.45, 7) is 0. The first-order chi connectivity index (χ1) is 31.8. The molecule has 0 amide bonds. The van der Waals surface area contributed by atoms with Gasteiger partial charge in [-0.2, -0.15) is 0 Å². The first-order valence-corrected chi connectivity index (χ1v) is 23.6. The zero-order valence-electron chi connectivity index (χ0n) is 34.6. The van der Waals surface area contributed by atoms with Gasteiger partial charge in [0.2, 0.25) is 0 Å². The molecule has 0 saturated carbocycles. The fourth-order valence-corrected chi connectivity index (χ4v) is 13.3. The van der Waals surface area contributed by atoms with Crippen LogP contribution in [0.15, 0.2) is 224 Å². The number of fused-ring (bicyclic) bond motifs is 12. The van der Waals surface area contributed by atoms with Crippen LogP contribution in [0.1, 0.15) is 0 Å². The van der Waals surface area contributed by atoms with Crippen molar-refractivity contribution < 1.29 is 0 Å². The second-order valence-corrected chi connectivity index (χ2v) is 19.1. The normalized spacial score (nSPS) is 12.1. The summed E-state index contributed by atoms with van der Waals surface area (Å²) in [6, 6.07) is 83.1. The SMILES string of the molecule is c1ccc(-c2cccc(-c3ccc(-n4c5ccccc5c5cc(-n6c7ccccc7c7cc(-n8c9ccccc9c9ccccc98)ccc76)ccc54)c4c3[se]c3ccccc34)c2)cc1. The fraction of sp³-hybridized carbons (Fsp3) is 0. The first-order valence-electron chi connectivity index (χ1n) is 21.9. The molecule has 14 rings (SSSR count). The molecular weight excluding hydrogens is 842 g/mol. The van der Waals surface area contributed by atoms with E-state index in [1.165, 1.54) is 113 Å². The molecule has 0 aliphatic rings. The molecule has 0 atom stereocenters. The maximum atomic E-state index is 2.53. The Morgan fingerprint density at radius 1 is 0.281 bits per heavy atom. The van der Waals surface area contributed by atoms with Crippen LogP contribution in [-0.4, -0.2) is 28.2 Å². The van der Waals surface area contributed by atoms with Crippen molar-refractivity contribution in [2.45, 2.75) is 0 Å². The number of hydrogen-bond donors (Lipinski definition) is 0. The van der Waals surface area contributed by atoms with E-state index >= 15 is 0 Å². The Labute approximate surface area is 374 Å². The second-order valence-electron chi connectivity index (χ2n) is 16.9. The summed E-state index contributed by atoms with van der Waals surface area (Å²) >= 11 is 0.157. The average molecular weight is 879 g/mol. The predicted octanol–water partition coefficient (Wildman–Crippen LogP) is 15.7. The monoisotopic (exact) mass is 879 g/mol. The molecule has 0 saturated heterocycles. The van der Waals surface area contributed by atoms with E-state index in [9.17, 15) is 0 Å². The van der Waals surface area contributed by atoms with Crippen LogP contribution in [0, 0.1) is 0 Å². The van der Waals surface area contributed by atoms with E-state index < -0.39 is 0 Å². The molecule has 0 unspecified atom stereocenters. The van der Waals surface area contributed by atoms with Crippen LogP contribution in [0.4, 0.5) is 0 Å². The van der Waals surface area contributed by atoms with Crippen molar-refractivity contribution in [1.82, 2.24) is 13.7 Å². The molecule has 64 heavy (non-hydrogen) atoms. The standard InChI is InChI=1S/C60H37N3Se/c1-2-15-38(16-3-1)39-17-14-18-40(35-39)43-31-34-57(59-48-23-8-13-28-58(48)64-60(43)59)63-54-27-12-7-22-47(54)50-37-42(30-33-56(50)63)62-53-26-11-6-21-46(53)49-36-41(29-32-55(49)62)61-51-24-9-4-19-44(51)45-20-5-10-25-52(45)61/h1-37H. The van der Waals surface area contributed by atoms with Crippen molar-refractivity contribution in [3.8, 4) is 39.3 Å². The molecule has 0 aliphatic heterocycles. The summed E-state index contributed by atoms with van der Waals surface area (Å²) in [5.41, 5.74) is 15.9. The van der Waals surface area contributed by atoms with Crippen molar-refractivity contribution in [1.29, 1.82) is 0 Å². The van der Waals surface area contributed by atoms with Crippen LogP contribution < -0.4 is 0 Å². The van der Waals surface area contributed by atoms with Gasteiger partial charge in [-0.1, -0.05) is 42.5 Å². The van der Waals surface area contributed by atoms with E-state index in [-0.39, 0.29) is 14.5 Å². The third-order valence-corrected chi connectivity index (χ3v) is 16.0. The minimum absolute atomic E-state index is 0.157. The molecule has 0 aliphatic carbocycles. The van der Waals surface area contributed by atoms with Crippen molar-refractivity contribution >= 4 is 99.2 Å². The molecule has 4 aromatic heterocycles. The van der Waals surface area contributed by atoms with Gasteiger partial charge >= 0.3 is 290 Å². The molecule has 4 heterocycles. The van der Waals surface area contributed by atoms with Crippen LogP contribution >= 0.6 is 0 Å². The minimum atomic E-state index is 0.157. The Balaban J connectivity index is 0.973. The number of aromatic nitrogens is 3. The van der Waals surface area contributed by atoms with Crippen LogP contribution in [0.2, 0.25) is 0 Å². The van der Waals surface area contributed by atoms with Crippen molar-refractivity contribution in [3.63, 3.8) is 0 Å². The number of rotatable bonds is 5. The van der Waals surface area contributed by atoms with Gasteiger partial charge in [0.15, 0.2) is 0 Å². The van der Waals surface area contributed by atoms with E-state index in [2.05, 4.69) is 238 Å². The number of nitrogens with zero attached hydrogens (tertiary/aromatic N) is 3. The Kier molecular flexibility index (Phi) is 7.70. The molecule has 4 heteroatoms. The molecular formula is C60H37N3Se. The van der Waals surface area contributed by atoms with E-state index in [1.807, 2.05) is 0 Å². The van der Waals surface area contributed by atoms with Gasteiger partial charge < -0.3 is 4.57 Å². The maximum absolute atomic E-state index is 2.53. The number of benzene rings is 10. The van der Waals surface area contributed by atoms with Gasteiger partial charge in [-0.3, -0.25) is 0 Å². The summed E-state index contributed by atoms with van der Waals surface area (Å²) in [5, 5.41) is 10.2. The van der Waals surface area contributed by atoms with Gasteiger partial charge in [0.05, 0.1) is 11.0 Å². The Bertz CT molecular complexity index is 4140. The average Bonchev–Trinajstić information content (AvgIpc) is 4.11. The molecule has 3 nitrogen and oxygen atoms in total. The summed E-state index contributed by atoms with van der Waals surface area (Å²) in [7, 11) is 0. The quantitative estimate of drug-likeness (QED) is 0.153. The molecule has 0 N–H and O–H groups in total. The fourth-order valence-electron chi connectivity index (χ4n) is 10.7. The van der Waals surface area contributed by atoms with E-state index in [1.54, 1.807) is 0 Å². The third-order valence-electron chi connectivity index (χ3n) is 13.4. The van der Waals surface area contributed by atoms with Gasteiger partial charge in [-0.25, -0.2) is 0 Å². The number of para-hydroxylation sites is 4. The number of hydrogen-bond acceptors (Lipinski definition) is 0. The topological polar surface area (TPSA) is 14.8 Å². The van der Waals surface area contributed by atoms with Crippen molar-refractivity contribution in [2.24, 2.45) is 0 Å². The molecule has 0 spiro atoms. The molecule has 10 aromatic carbocycles. The Morgan fingerprint density at radius 2 is 0.734 bits per heavy atom. The predicted molar refractivity (Wildman–Crippen MR) is 272 cm³/mol. The Hall–Kier alpha value is -7.88. The zero-order chi connectivity index (χ0) is 41.9. The zero-order valence-corrected chi connectivity index (χ0v) is 36.3. The molecule has 298 valence electrons. The molecule has 0 radical (unpaired) electrons. The third kappa shape index (κ3) is 5.15. The van der Waals surface area contributed by atoms with Crippen LogP contribution in [-0.2, 0) is 0 Å². The van der Waals surface area contributed by atoms with Gasteiger partial charge in [0.1, 0.15) is 0 Å². The van der Waals surface area contributed by atoms with Crippen molar-refractivity contribution in [2.75, 3.05) is 0 Å². The van der Waals surface area contributed by atoms with E-state index in [0.29, 0.717) is 0 Å². The van der Waals surface area contributed by atoms with Gasteiger partial charge in [0, 0.05) is 16.5 Å². The molecule has 0 bridgehead atoms. The Morgan fingerprint density at radius 3 is 1.34 bits per heavy atom. The van der Waals surface area contributed by atoms with Gasteiger partial charge in [-0.05, 0) is 12.1 Å². The summed E-state index contributed by atoms with van der Waals surface area (Å²) in [6.07, 6.45) is 0. The molecule has 0 fully saturated rings. The van der Waals surface area contributed by atoms with Crippen LogP contribution in [0.3, 0.4) is 0 Å². The van der Waals surface area contributed by atoms with Crippen LogP contribution in [0.5, 0.6) is 0 Å². The summed E-state index contributed by atoms with van der Waals surface area (Å²) in [4.78, 5) is 0.